The molecule has 2 heterocycles. The van der Waals surface area contributed by atoms with Crippen molar-refractivity contribution >= 4 is 5.97 Å². The van der Waals surface area contributed by atoms with Gasteiger partial charge in [0.1, 0.15) is 6.26 Å². The second-order valence-corrected chi connectivity index (χ2v) is 3.25. The van der Waals surface area contributed by atoms with Crippen LogP contribution in [0.3, 0.4) is 0 Å². The molecule has 0 aliphatic carbocycles. The van der Waals surface area contributed by atoms with E-state index in [1.165, 1.54) is 6.26 Å². The maximum absolute atomic E-state index is 11.6. The van der Waals surface area contributed by atoms with Gasteiger partial charge in [-0.05, 0) is 13.3 Å². The molecule has 90 valence electrons. The van der Waals surface area contributed by atoms with Crippen molar-refractivity contribution < 1.29 is 18.5 Å². The molecule has 6 nitrogen and oxygen atoms in total. The number of nitrogens with zero attached hydrogens (tertiary/aromatic N) is 2. The summed E-state index contributed by atoms with van der Waals surface area (Å²) in [5.41, 5.74) is 1.01. The molecule has 0 aliphatic heterocycles. The third-order valence-electron chi connectivity index (χ3n) is 2.15. The molecule has 0 bridgehead atoms. The summed E-state index contributed by atoms with van der Waals surface area (Å²) in [5, 5.41) is 3.70. The van der Waals surface area contributed by atoms with Gasteiger partial charge in [-0.2, -0.15) is 0 Å². The lowest BCUT2D eigenvalue weighted by Gasteiger charge is -1.98. The van der Waals surface area contributed by atoms with Crippen LogP contribution in [0.15, 0.2) is 21.3 Å². The first-order chi connectivity index (χ1) is 8.26. The SMILES string of the molecule is CCOC(=O)c1oc(-c2ccon2)nc1CC. The number of oxazole rings is 1. The summed E-state index contributed by atoms with van der Waals surface area (Å²) in [6.07, 6.45) is 1.99. The van der Waals surface area contributed by atoms with Crippen LogP contribution in [0.1, 0.15) is 30.1 Å². The first-order valence-corrected chi connectivity index (χ1v) is 5.33. The van der Waals surface area contributed by atoms with E-state index in [-0.39, 0.29) is 11.7 Å². The van der Waals surface area contributed by atoms with E-state index in [9.17, 15) is 4.79 Å². The van der Waals surface area contributed by atoms with Gasteiger partial charge < -0.3 is 13.7 Å². The first kappa shape index (κ1) is 11.4. The molecule has 0 amide bonds. The highest BCUT2D eigenvalue weighted by Gasteiger charge is 2.21. The fourth-order valence-electron chi connectivity index (χ4n) is 1.38. The Labute approximate surface area is 97.6 Å². The zero-order chi connectivity index (χ0) is 12.3. The Balaban J connectivity index is 2.36. The summed E-state index contributed by atoms with van der Waals surface area (Å²) in [6.45, 7) is 3.91. The average Bonchev–Trinajstić information content (AvgIpc) is 2.97. The molecule has 17 heavy (non-hydrogen) atoms. The summed E-state index contributed by atoms with van der Waals surface area (Å²) in [7, 11) is 0. The average molecular weight is 236 g/mol. The van der Waals surface area contributed by atoms with Crippen LogP contribution >= 0.6 is 0 Å². The second-order valence-electron chi connectivity index (χ2n) is 3.25. The lowest BCUT2D eigenvalue weighted by Crippen LogP contribution is -2.05. The monoisotopic (exact) mass is 236 g/mol. The summed E-state index contributed by atoms with van der Waals surface area (Å²) in [4.78, 5) is 15.8. The minimum absolute atomic E-state index is 0.132. The third-order valence-corrected chi connectivity index (χ3v) is 2.15. The van der Waals surface area contributed by atoms with Gasteiger partial charge in [0.25, 0.3) is 0 Å². The van der Waals surface area contributed by atoms with Crippen molar-refractivity contribution in [3.8, 4) is 11.6 Å². The van der Waals surface area contributed by atoms with Crippen LogP contribution < -0.4 is 0 Å². The first-order valence-electron chi connectivity index (χ1n) is 5.33. The lowest BCUT2D eigenvalue weighted by atomic mass is 10.3. The topological polar surface area (TPSA) is 78.4 Å². The van der Waals surface area contributed by atoms with Crippen molar-refractivity contribution in [2.45, 2.75) is 20.3 Å². The normalized spacial score (nSPS) is 10.5. The number of ether oxygens (including phenoxy) is 1. The van der Waals surface area contributed by atoms with Crippen molar-refractivity contribution in [2.75, 3.05) is 6.61 Å². The van der Waals surface area contributed by atoms with E-state index in [0.717, 1.165) is 0 Å². The Bertz CT molecular complexity index is 502. The van der Waals surface area contributed by atoms with Gasteiger partial charge in [-0.15, -0.1) is 0 Å². The van der Waals surface area contributed by atoms with Gasteiger partial charge >= 0.3 is 5.97 Å². The molecule has 0 saturated heterocycles. The number of aromatic nitrogens is 2. The molecule has 2 aromatic heterocycles. The molecule has 0 aromatic carbocycles. The molecule has 0 unspecified atom stereocenters. The minimum atomic E-state index is -0.508. The third kappa shape index (κ3) is 2.20. The van der Waals surface area contributed by atoms with E-state index in [1.54, 1.807) is 13.0 Å². The van der Waals surface area contributed by atoms with Crippen molar-refractivity contribution in [3.63, 3.8) is 0 Å². The van der Waals surface area contributed by atoms with Gasteiger partial charge in [0.2, 0.25) is 11.7 Å². The number of hydrogen-bond donors (Lipinski definition) is 0. The van der Waals surface area contributed by atoms with Crippen LogP contribution in [0, 0.1) is 0 Å². The van der Waals surface area contributed by atoms with Crippen molar-refractivity contribution in [1.29, 1.82) is 0 Å². The molecule has 0 aliphatic rings. The van der Waals surface area contributed by atoms with Gasteiger partial charge in [-0.1, -0.05) is 12.1 Å². The number of hydrogen-bond acceptors (Lipinski definition) is 6. The Morgan fingerprint density at radius 3 is 2.88 bits per heavy atom. The van der Waals surface area contributed by atoms with Gasteiger partial charge in [0.15, 0.2) is 5.69 Å². The van der Waals surface area contributed by atoms with E-state index in [0.29, 0.717) is 24.4 Å². The quantitative estimate of drug-likeness (QED) is 0.756. The molecule has 0 spiro atoms. The highest BCUT2D eigenvalue weighted by Crippen LogP contribution is 2.21. The number of rotatable bonds is 4. The largest absolute Gasteiger partial charge is 0.460 e. The van der Waals surface area contributed by atoms with Crippen LogP contribution in [0.5, 0.6) is 0 Å². The van der Waals surface area contributed by atoms with Crippen molar-refractivity contribution in [3.05, 3.63) is 23.8 Å². The van der Waals surface area contributed by atoms with E-state index in [2.05, 4.69) is 10.1 Å². The maximum Gasteiger partial charge on any atom is 0.376 e. The molecule has 0 atom stereocenters. The fraction of sp³-hybridized carbons (Fsp3) is 0.364. The van der Waals surface area contributed by atoms with E-state index in [1.807, 2.05) is 6.92 Å². The van der Waals surface area contributed by atoms with Crippen molar-refractivity contribution in [1.82, 2.24) is 10.1 Å². The summed E-state index contributed by atoms with van der Waals surface area (Å²) in [5.74, 6) is -0.113. The van der Waals surface area contributed by atoms with E-state index >= 15 is 0 Å². The van der Waals surface area contributed by atoms with Gasteiger partial charge in [0, 0.05) is 6.07 Å². The molecular formula is C11H12N2O4. The Hall–Kier alpha value is -2.11. The van der Waals surface area contributed by atoms with E-state index in [4.69, 9.17) is 13.7 Å². The molecular weight excluding hydrogens is 224 g/mol. The molecule has 0 saturated carbocycles. The number of esters is 1. The second kappa shape index (κ2) is 4.82. The van der Waals surface area contributed by atoms with Crippen LogP contribution in [0.2, 0.25) is 0 Å². The smallest absolute Gasteiger partial charge is 0.376 e. The van der Waals surface area contributed by atoms with Crippen LogP contribution in [0.4, 0.5) is 0 Å². The predicted octanol–water partition coefficient (Wildman–Crippen LogP) is 2.07. The van der Waals surface area contributed by atoms with Crippen molar-refractivity contribution in [2.24, 2.45) is 0 Å². The van der Waals surface area contributed by atoms with Gasteiger partial charge in [-0.25, -0.2) is 9.78 Å². The highest BCUT2D eigenvalue weighted by molar-refractivity contribution is 5.88. The number of carbonyl (C=O) groups excluding carboxylic acids is 1. The van der Waals surface area contributed by atoms with Crippen LogP contribution in [0.25, 0.3) is 11.6 Å². The molecule has 0 fully saturated rings. The number of carbonyl (C=O) groups is 1. The molecule has 2 aromatic rings. The molecule has 2 rings (SSSR count). The fourth-order valence-corrected chi connectivity index (χ4v) is 1.38. The highest BCUT2D eigenvalue weighted by atomic mass is 16.5. The summed E-state index contributed by atoms with van der Waals surface area (Å²) in [6, 6.07) is 1.61. The van der Waals surface area contributed by atoms with Gasteiger partial charge in [0.05, 0.1) is 12.3 Å². The zero-order valence-corrected chi connectivity index (χ0v) is 9.60. The Morgan fingerprint density at radius 1 is 1.47 bits per heavy atom. The standard InChI is InChI=1S/C11H12N2O4/c1-3-7-9(11(14)15-4-2)17-10(12-7)8-5-6-16-13-8/h5-6H,3-4H2,1-2H3. The van der Waals surface area contributed by atoms with Crippen LogP contribution in [-0.2, 0) is 11.2 Å². The lowest BCUT2D eigenvalue weighted by molar-refractivity contribution is 0.0489. The molecule has 6 heteroatoms. The molecule has 0 N–H and O–H groups in total. The van der Waals surface area contributed by atoms with E-state index < -0.39 is 5.97 Å². The van der Waals surface area contributed by atoms with Gasteiger partial charge in [-0.3, -0.25) is 0 Å². The minimum Gasteiger partial charge on any atom is -0.460 e. The Kier molecular flexibility index (Phi) is 3.22. The zero-order valence-electron chi connectivity index (χ0n) is 9.60. The summed E-state index contributed by atoms with van der Waals surface area (Å²) < 4.78 is 14.9. The van der Waals surface area contributed by atoms with Crippen LogP contribution in [-0.4, -0.2) is 22.7 Å². The Morgan fingerprint density at radius 2 is 2.29 bits per heavy atom. The maximum atomic E-state index is 11.6. The molecule has 0 radical (unpaired) electrons. The summed E-state index contributed by atoms with van der Waals surface area (Å²) >= 11 is 0. The number of aryl methyl sites for hydroxylation is 1. The predicted molar refractivity (Wildman–Crippen MR) is 57.3 cm³/mol.